The molecule has 0 heterocycles. The number of aliphatic hydroxyl groups excluding tert-OH is 3. The SMILES string of the molecule is O=C[C@H](O)[C@H](OP(=O)(O)O)[C@H](O)CO. The van der Waals surface area contributed by atoms with Gasteiger partial charge in [0.05, 0.1) is 6.61 Å². The molecule has 0 aromatic heterocycles. The maximum absolute atomic E-state index is 10.3. The van der Waals surface area contributed by atoms with E-state index in [-0.39, 0.29) is 6.29 Å². The van der Waals surface area contributed by atoms with Crippen molar-refractivity contribution >= 4 is 14.1 Å². The summed E-state index contributed by atoms with van der Waals surface area (Å²) in [5.74, 6) is 0. The standard InChI is InChI=1S/C5H11O8P/c6-1-3(8)5(4(9)2-7)13-14(10,11)12/h1,3-5,7-9H,2H2,(H2,10,11,12)/t3-,4+,5-/m0/s1. The third-order valence-electron chi connectivity index (χ3n) is 1.30. The molecule has 0 spiro atoms. The summed E-state index contributed by atoms with van der Waals surface area (Å²) in [7, 11) is -4.95. The average molecular weight is 230 g/mol. The van der Waals surface area contributed by atoms with Gasteiger partial charge in [0.2, 0.25) is 0 Å². The Morgan fingerprint density at radius 2 is 1.86 bits per heavy atom. The molecule has 0 aliphatic heterocycles. The Kier molecular flexibility index (Phi) is 5.38. The molecule has 0 fully saturated rings. The number of aliphatic hydroxyl groups is 3. The van der Waals surface area contributed by atoms with E-state index in [1.807, 2.05) is 0 Å². The summed E-state index contributed by atoms with van der Waals surface area (Å²) in [5.41, 5.74) is 0. The zero-order valence-electron chi connectivity index (χ0n) is 6.92. The Morgan fingerprint density at radius 3 is 2.14 bits per heavy atom. The van der Waals surface area contributed by atoms with Crippen LogP contribution >= 0.6 is 7.82 Å². The van der Waals surface area contributed by atoms with Crippen LogP contribution in [-0.4, -0.2) is 56.3 Å². The molecule has 0 unspecified atom stereocenters. The Morgan fingerprint density at radius 1 is 1.36 bits per heavy atom. The second-order valence-electron chi connectivity index (χ2n) is 2.44. The van der Waals surface area contributed by atoms with Gasteiger partial charge in [0.15, 0.2) is 6.29 Å². The molecule has 0 aliphatic rings. The summed E-state index contributed by atoms with van der Waals surface area (Å²) in [4.78, 5) is 26.8. The van der Waals surface area contributed by atoms with E-state index >= 15 is 0 Å². The maximum Gasteiger partial charge on any atom is 0.470 e. The van der Waals surface area contributed by atoms with E-state index in [9.17, 15) is 9.36 Å². The van der Waals surface area contributed by atoms with Crippen LogP contribution in [0.4, 0.5) is 0 Å². The minimum Gasteiger partial charge on any atom is -0.394 e. The van der Waals surface area contributed by atoms with E-state index in [0.29, 0.717) is 0 Å². The Bertz CT molecular complexity index is 224. The minimum absolute atomic E-state index is 0.0702. The highest BCUT2D eigenvalue weighted by Crippen LogP contribution is 2.38. The number of hydrogen-bond donors (Lipinski definition) is 5. The van der Waals surface area contributed by atoms with Gasteiger partial charge in [0.25, 0.3) is 0 Å². The van der Waals surface area contributed by atoms with Crippen LogP contribution < -0.4 is 0 Å². The highest BCUT2D eigenvalue weighted by Gasteiger charge is 2.33. The molecule has 0 aromatic carbocycles. The lowest BCUT2D eigenvalue weighted by Gasteiger charge is -2.23. The van der Waals surface area contributed by atoms with E-state index in [4.69, 9.17) is 25.1 Å². The predicted octanol–water partition coefficient (Wildman–Crippen LogP) is -2.62. The van der Waals surface area contributed by atoms with Crippen molar-refractivity contribution in [3.8, 4) is 0 Å². The predicted molar refractivity (Wildman–Crippen MR) is 42.1 cm³/mol. The summed E-state index contributed by atoms with van der Waals surface area (Å²) in [5, 5.41) is 26.3. The average Bonchev–Trinajstić information content (AvgIpc) is 2.10. The van der Waals surface area contributed by atoms with Gasteiger partial charge in [-0.1, -0.05) is 0 Å². The largest absolute Gasteiger partial charge is 0.470 e. The van der Waals surface area contributed by atoms with Gasteiger partial charge in [-0.05, 0) is 0 Å². The zero-order chi connectivity index (χ0) is 11.4. The fourth-order valence-corrected chi connectivity index (χ4v) is 1.28. The molecular formula is C5H11O8P. The van der Waals surface area contributed by atoms with E-state index in [0.717, 1.165) is 0 Å². The molecular weight excluding hydrogens is 219 g/mol. The van der Waals surface area contributed by atoms with Crippen molar-refractivity contribution in [2.75, 3.05) is 6.61 Å². The van der Waals surface area contributed by atoms with Crippen LogP contribution in [0.5, 0.6) is 0 Å². The van der Waals surface area contributed by atoms with Crippen molar-refractivity contribution < 1.29 is 39.0 Å². The second-order valence-corrected chi connectivity index (χ2v) is 3.63. The van der Waals surface area contributed by atoms with Crippen LogP contribution in [0.3, 0.4) is 0 Å². The lowest BCUT2D eigenvalue weighted by Crippen LogP contribution is -2.41. The van der Waals surface area contributed by atoms with Gasteiger partial charge in [-0.2, -0.15) is 0 Å². The summed E-state index contributed by atoms with van der Waals surface area (Å²) in [6.45, 7) is -0.907. The number of carbonyl (C=O) groups is 1. The quantitative estimate of drug-likeness (QED) is 0.246. The lowest BCUT2D eigenvalue weighted by atomic mass is 10.1. The molecule has 0 aromatic rings. The monoisotopic (exact) mass is 230 g/mol. The highest BCUT2D eigenvalue weighted by molar-refractivity contribution is 7.46. The molecule has 0 saturated carbocycles. The normalized spacial score (nSPS) is 18.6. The van der Waals surface area contributed by atoms with E-state index in [1.54, 1.807) is 0 Å². The molecule has 14 heavy (non-hydrogen) atoms. The lowest BCUT2D eigenvalue weighted by molar-refractivity contribution is -0.126. The van der Waals surface area contributed by atoms with Crippen LogP contribution in [0.25, 0.3) is 0 Å². The van der Waals surface area contributed by atoms with Gasteiger partial charge < -0.3 is 29.9 Å². The van der Waals surface area contributed by atoms with Gasteiger partial charge in [0.1, 0.15) is 18.3 Å². The van der Waals surface area contributed by atoms with Gasteiger partial charge in [-0.25, -0.2) is 4.57 Å². The van der Waals surface area contributed by atoms with Crippen LogP contribution in [0.1, 0.15) is 0 Å². The third kappa shape index (κ3) is 4.77. The van der Waals surface area contributed by atoms with Crippen LogP contribution in [0, 0.1) is 0 Å². The number of phosphoric acid groups is 1. The molecule has 0 radical (unpaired) electrons. The number of carbonyl (C=O) groups excluding carboxylic acids is 1. The van der Waals surface area contributed by atoms with Crippen LogP contribution in [-0.2, 0) is 13.9 Å². The van der Waals surface area contributed by atoms with Gasteiger partial charge >= 0.3 is 7.82 Å². The van der Waals surface area contributed by atoms with Gasteiger partial charge in [0, 0.05) is 0 Å². The van der Waals surface area contributed by atoms with Crippen molar-refractivity contribution in [2.24, 2.45) is 0 Å². The molecule has 84 valence electrons. The fourth-order valence-electron chi connectivity index (χ4n) is 0.700. The van der Waals surface area contributed by atoms with Crippen molar-refractivity contribution in [1.82, 2.24) is 0 Å². The van der Waals surface area contributed by atoms with Crippen molar-refractivity contribution in [2.45, 2.75) is 18.3 Å². The summed E-state index contributed by atoms with van der Waals surface area (Å²) in [6, 6.07) is 0. The molecule has 0 aliphatic carbocycles. The molecule has 9 heteroatoms. The number of rotatable bonds is 6. The summed E-state index contributed by atoms with van der Waals surface area (Å²) in [6.07, 6.45) is -5.62. The molecule has 0 rings (SSSR count). The van der Waals surface area contributed by atoms with Gasteiger partial charge in [-0.3, -0.25) is 4.52 Å². The molecule has 8 nitrogen and oxygen atoms in total. The second kappa shape index (κ2) is 5.52. The molecule has 0 saturated heterocycles. The Balaban J connectivity index is 4.56. The molecule has 5 N–H and O–H groups in total. The molecule has 0 amide bonds. The first-order valence-electron chi connectivity index (χ1n) is 3.48. The van der Waals surface area contributed by atoms with Crippen LogP contribution in [0.2, 0.25) is 0 Å². The Labute approximate surface area is 79.0 Å². The number of aldehydes is 1. The number of hydrogen-bond acceptors (Lipinski definition) is 6. The first kappa shape index (κ1) is 13.7. The van der Waals surface area contributed by atoms with Crippen molar-refractivity contribution in [3.63, 3.8) is 0 Å². The van der Waals surface area contributed by atoms with E-state index in [2.05, 4.69) is 4.52 Å². The van der Waals surface area contributed by atoms with E-state index in [1.165, 1.54) is 0 Å². The summed E-state index contributed by atoms with van der Waals surface area (Å²) < 4.78 is 14.3. The van der Waals surface area contributed by atoms with Gasteiger partial charge in [-0.15, -0.1) is 0 Å². The fraction of sp³-hybridized carbons (Fsp3) is 0.800. The Hall–Kier alpha value is -0.340. The molecule has 3 atom stereocenters. The van der Waals surface area contributed by atoms with Crippen molar-refractivity contribution in [1.29, 1.82) is 0 Å². The minimum atomic E-state index is -4.95. The first-order chi connectivity index (χ1) is 6.31. The first-order valence-corrected chi connectivity index (χ1v) is 5.01. The molecule has 0 bridgehead atoms. The van der Waals surface area contributed by atoms with E-state index < -0.39 is 32.7 Å². The number of phosphoric ester groups is 1. The van der Waals surface area contributed by atoms with Crippen molar-refractivity contribution in [3.05, 3.63) is 0 Å². The zero-order valence-corrected chi connectivity index (χ0v) is 7.82. The third-order valence-corrected chi connectivity index (χ3v) is 1.82. The summed E-state index contributed by atoms with van der Waals surface area (Å²) >= 11 is 0. The smallest absolute Gasteiger partial charge is 0.394 e. The topological polar surface area (TPSA) is 145 Å². The van der Waals surface area contributed by atoms with Crippen LogP contribution in [0.15, 0.2) is 0 Å². The highest BCUT2D eigenvalue weighted by atomic mass is 31.2. The maximum atomic E-state index is 10.3.